The average Bonchev–Trinajstić information content (AvgIpc) is 2.91. The van der Waals surface area contributed by atoms with Crippen LogP contribution in [0.1, 0.15) is 51.4 Å². The molecule has 0 aliphatic carbocycles. The van der Waals surface area contributed by atoms with Gasteiger partial charge >= 0.3 is 0 Å². The third kappa shape index (κ3) is 7.09. The Kier molecular flexibility index (Phi) is 8.64. The molecular formula is C17H35N3O. The topological polar surface area (TPSA) is 41.7 Å². The zero-order valence-electron chi connectivity index (χ0n) is 13.8. The van der Waals surface area contributed by atoms with Crippen LogP contribution in [0.15, 0.2) is 0 Å². The molecule has 0 aromatic heterocycles. The van der Waals surface area contributed by atoms with E-state index in [4.69, 9.17) is 10.5 Å². The summed E-state index contributed by atoms with van der Waals surface area (Å²) in [5.74, 6) is 0. The Morgan fingerprint density at radius 2 is 1.62 bits per heavy atom. The predicted molar refractivity (Wildman–Crippen MR) is 88.6 cm³/mol. The molecule has 0 saturated carbocycles. The van der Waals surface area contributed by atoms with E-state index in [9.17, 15) is 0 Å². The van der Waals surface area contributed by atoms with E-state index in [0.29, 0.717) is 6.10 Å². The van der Waals surface area contributed by atoms with Crippen molar-refractivity contribution in [1.82, 2.24) is 9.80 Å². The highest BCUT2D eigenvalue weighted by molar-refractivity contribution is 4.71. The molecule has 0 amide bonds. The molecule has 21 heavy (non-hydrogen) atoms. The minimum absolute atomic E-state index is 0.566. The molecule has 124 valence electrons. The highest BCUT2D eigenvalue weighted by atomic mass is 16.5. The van der Waals surface area contributed by atoms with E-state index in [2.05, 4.69) is 9.80 Å². The van der Waals surface area contributed by atoms with Gasteiger partial charge in [0.2, 0.25) is 0 Å². The molecule has 2 N–H and O–H groups in total. The summed E-state index contributed by atoms with van der Waals surface area (Å²) in [5, 5.41) is 0. The smallest absolute Gasteiger partial charge is 0.0576 e. The number of ether oxygens (including phenoxy) is 1. The molecule has 1 unspecified atom stereocenters. The van der Waals surface area contributed by atoms with Crippen molar-refractivity contribution in [2.75, 3.05) is 52.4 Å². The number of hydrogen-bond acceptors (Lipinski definition) is 4. The molecule has 0 radical (unpaired) electrons. The van der Waals surface area contributed by atoms with Crippen LogP contribution in [0.4, 0.5) is 0 Å². The number of nitrogens with zero attached hydrogens (tertiary/aromatic N) is 2. The lowest BCUT2D eigenvalue weighted by Gasteiger charge is -2.22. The SMILES string of the molecule is NCCCCCN1CCCN(CCCC2CCCO2)CC1. The van der Waals surface area contributed by atoms with Gasteiger partial charge < -0.3 is 20.3 Å². The Morgan fingerprint density at radius 3 is 2.29 bits per heavy atom. The minimum Gasteiger partial charge on any atom is -0.378 e. The Bertz CT molecular complexity index is 256. The van der Waals surface area contributed by atoms with Crippen LogP contribution in [0.25, 0.3) is 0 Å². The van der Waals surface area contributed by atoms with Gasteiger partial charge in [-0.15, -0.1) is 0 Å². The molecule has 2 rings (SSSR count). The van der Waals surface area contributed by atoms with E-state index in [-0.39, 0.29) is 0 Å². The lowest BCUT2D eigenvalue weighted by atomic mass is 10.1. The molecule has 2 heterocycles. The van der Waals surface area contributed by atoms with Gasteiger partial charge in [-0.05, 0) is 77.7 Å². The molecule has 2 aliphatic heterocycles. The van der Waals surface area contributed by atoms with Crippen molar-refractivity contribution in [1.29, 1.82) is 0 Å². The van der Waals surface area contributed by atoms with E-state index in [1.807, 2.05) is 0 Å². The summed E-state index contributed by atoms with van der Waals surface area (Å²) in [7, 11) is 0. The Labute approximate surface area is 131 Å². The van der Waals surface area contributed by atoms with E-state index in [0.717, 1.165) is 13.2 Å². The first kappa shape index (κ1) is 17.2. The minimum atomic E-state index is 0.566. The van der Waals surface area contributed by atoms with Gasteiger partial charge in [0.15, 0.2) is 0 Å². The lowest BCUT2D eigenvalue weighted by Crippen LogP contribution is -2.32. The molecular weight excluding hydrogens is 262 g/mol. The van der Waals surface area contributed by atoms with Crippen LogP contribution in [0.5, 0.6) is 0 Å². The fourth-order valence-electron chi connectivity index (χ4n) is 3.54. The highest BCUT2D eigenvalue weighted by Crippen LogP contribution is 2.17. The van der Waals surface area contributed by atoms with Gasteiger partial charge in [0, 0.05) is 19.7 Å². The second kappa shape index (κ2) is 10.5. The standard InChI is InChI=1S/C17H35N3O/c18-9-2-1-3-10-19-12-6-13-20(15-14-19)11-4-7-17-8-5-16-21-17/h17H,1-16,18H2. The third-order valence-corrected chi connectivity index (χ3v) is 4.88. The number of rotatable bonds is 9. The van der Waals surface area contributed by atoms with Gasteiger partial charge in [-0.3, -0.25) is 0 Å². The van der Waals surface area contributed by atoms with Gasteiger partial charge in [0.1, 0.15) is 0 Å². The summed E-state index contributed by atoms with van der Waals surface area (Å²) in [4.78, 5) is 5.31. The Morgan fingerprint density at radius 1 is 0.857 bits per heavy atom. The molecule has 2 fully saturated rings. The molecule has 4 heteroatoms. The lowest BCUT2D eigenvalue weighted by molar-refractivity contribution is 0.0988. The Balaban J connectivity index is 1.52. The maximum Gasteiger partial charge on any atom is 0.0576 e. The van der Waals surface area contributed by atoms with Crippen LogP contribution in [0.2, 0.25) is 0 Å². The second-order valence-corrected chi connectivity index (χ2v) is 6.66. The summed E-state index contributed by atoms with van der Waals surface area (Å²) in [5.41, 5.74) is 5.55. The first-order chi connectivity index (χ1) is 10.4. The second-order valence-electron chi connectivity index (χ2n) is 6.66. The Hall–Kier alpha value is -0.160. The summed E-state index contributed by atoms with van der Waals surface area (Å²) < 4.78 is 5.71. The predicted octanol–water partition coefficient (Wildman–Crippen LogP) is 2.08. The van der Waals surface area contributed by atoms with Crippen LogP contribution in [0, 0.1) is 0 Å². The van der Waals surface area contributed by atoms with Gasteiger partial charge in [-0.1, -0.05) is 6.42 Å². The summed E-state index contributed by atoms with van der Waals surface area (Å²) in [6, 6.07) is 0. The molecule has 0 spiro atoms. The molecule has 2 aliphatic rings. The van der Waals surface area contributed by atoms with Crippen LogP contribution >= 0.6 is 0 Å². The zero-order valence-corrected chi connectivity index (χ0v) is 13.8. The largest absolute Gasteiger partial charge is 0.378 e. The van der Waals surface area contributed by atoms with E-state index in [1.54, 1.807) is 0 Å². The van der Waals surface area contributed by atoms with Gasteiger partial charge in [-0.2, -0.15) is 0 Å². The van der Waals surface area contributed by atoms with Crippen molar-refractivity contribution in [2.24, 2.45) is 5.73 Å². The maximum atomic E-state index is 5.71. The molecule has 0 aromatic carbocycles. The summed E-state index contributed by atoms with van der Waals surface area (Å²) in [6.07, 6.45) is 10.8. The quantitative estimate of drug-likeness (QED) is 0.662. The normalized spacial score (nSPS) is 25.3. The van der Waals surface area contributed by atoms with E-state index < -0.39 is 0 Å². The molecule has 0 bridgehead atoms. The third-order valence-electron chi connectivity index (χ3n) is 4.88. The molecule has 2 saturated heterocycles. The maximum absolute atomic E-state index is 5.71. The summed E-state index contributed by atoms with van der Waals surface area (Å²) in [6.45, 7) is 9.44. The first-order valence-corrected chi connectivity index (χ1v) is 9.15. The van der Waals surface area contributed by atoms with Crippen LogP contribution in [-0.4, -0.2) is 68.3 Å². The zero-order chi connectivity index (χ0) is 14.8. The average molecular weight is 297 g/mol. The number of nitrogens with two attached hydrogens (primary N) is 1. The van der Waals surface area contributed by atoms with Gasteiger partial charge in [-0.25, -0.2) is 0 Å². The summed E-state index contributed by atoms with van der Waals surface area (Å²) >= 11 is 0. The van der Waals surface area contributed by atoms with Gasteiger partial charge in [0.25, 0.3) is 0 Å². The van der Waals surface area contributed by atoms with Crippen molar-refractivity contribution < 1.29 is 4.74 Å². The highest BCUT2D eigenvalue weighted by Gasteiger charge is 2.17. The fourth-order valence-corrected chi connectivity index (χ4v) is 3.54. The number of hydrogen-bond donors (Lipinski definition) is 1. The van der Waals surface area contributed by atoms with Crippen molar-refractivity contribution >= 4 is 0 Å². The van der Waals surface area contributed by atoms with Crippen LogP contribution in [-0.2, 0) is 4.74 Å². The van der Waals surface area contributed by atoms with Crippen molar-refractivity contribution in [3.05, 3.63) is 0 Å². The van der Waals surface area contributed by atoms with Crippen molar-refractivity contribution in [3.63, 3.8) is 0 Å². The van der Waals surface area contributed by atoms with Crippen LogP contribution < -0.4 is 5.73 Å². The first-order valence-electron chi connectivity index (χ1n) is 9.15. The van der Waals surface area contributed by atoms with Crippen molar-refractivity contribution in [3.8, 4) is 0 Å². The number of unbranched alkanes of at least 4 members (excludes halogenated alkanes) is 2. The molecule has 0 aromatic rings. The monoisotopic (exact) mass is 297 g/mol. The fraction of sp³-hybridized carbons (Fsp3) is 1.00. The van der Waals surface area contributed by atoms with E-state index >= 15 is 0 Å². The van der Waals surface area contributed by atoms with Crippen molar-refractivity contribution in [2.45, 2.75) is 57.5 Å². The van der Waals surface area contributed by atoms with Crippen LogP contribution in [0.3, 0.4) is 0 Å². The molecule has 1 atom stereocenters. The van der Waals surface area contributed by atoms with Gasteiger partial charge in [0.05, 0.1) is 6.10 Å². The molecule has 4 nitrogen and oxygen atoms in total. The van der Waals surface area contributed by atoms with E-state index in [1.165, 1.54) is 90.6 Å².